The van der Waals surface area contributed by atoms with Gasteiger partial charge in [-0.3, -0.25) is 4.99 Å². The second-order valence-electron chi connectivity index (χ2n) is 6.81. The van der Waals surface area contributed by atoms with E-state index >= 15 is 0 Å². The zero-order valence-corrected chi connectivity index (χ0v) is 17.1. The number of hydrogen-bond acceptors (Lipinski definition) is 5. The Balaban J connectivity index is 1.36. The first-order chi connectivity index (χ1) is 14.7. The van der Waals surface area contributed by atoms with E-state index in [1.807, 2.05) is 24.3 Å². The number of esters is 1. The van der Waals surface area contributed by atoms with Crippen molar-refractivity contribution < 1.29 is 14.3 Å². The van der Waals surface area contributed by atoms with Gasteiger partial charge in [0.15, 0.2) is 0 Å². The molecule has 1 aliphatic heterocycles. The summed E-state index contributed by atoms with van der Waals surface area (Å²) in [7, 11) is 0. The summed E-state index contributed by atoms with van der Waals surface area (Å²) in [6.45, 7) is 3.36. The molecule has 3 aromatic carbocycles. The van der Waals surface area contributed by atoms with Gasteiger partial charge in [0.05, 0.1) is 29.5 Å². The first kappa shape index (κ1) is 20.1. The van der Waals surface area contributed by atoms with Crippen molar-refractivity contribution in [1.29, 1.82) is 0 Å². The van der Waals surface area contributed by atoms with E-state index in [4.69, 9.17) is 21.1 Å². The van der Waals surface area contributed by atoms with E-state index in [9.17, 15) is 4.79 Å². The smallest absolute Gasteiger partial charge is 0.345 e. The predicted octanol–water partition coefficient (Wildman–Crippen LogP) is 5.15. The molecule has 0 atom stereocenters. The Morgan fingerprint density at radius 2 is 1.67 bits per heavy atom. The molecule has 6 heteroatoms. The molecule has 5 nitrogen and oxygen atoms in total. The molecule has 4 rings (SSSR count). The van der Waals surface area contributed by atoms with Crippen molar-refractivity contribution >= 4 is 35.2 Å². The molecule has 1 aliphatic rings. The van der Waals surface area contributed by atoms with Gasteiger partial charge in [-0.25, -0.2) is 4.79 Å². The molecule has 0 radical (unpaired) electrons. The maximum absolute atomic E-state index is 12.2. The van der Waals surface area contributed by atoms with Crippen molar-refractivity contribution in [3.63, 3.8) is 0 Å². The lowest BCUT2D eigenvalue weighted by Gasteiger charge is -2.28. The Morgan fingerprint density at radius 1 is 0.967 bits per heavy atom. The highest BCUT2D eigenvalue weighted by atomic mass is 35.5. The van der Waals surface area contributed by atoms with Crippen LogP contribution in [0.15, 0.2) is 77.8 Å². The van der Waals surface area contributed by atoms with Crippen LogP contribution < -0.4 is 9.64 Å². The van der Waals surface area contributed by atoms with E-state index < -0.39 is 5.97 Å². The average molecular weight is 421 g/mol. The van der Waals surface area contributed by atoms with E-state index in [2.05, 4.69) is 22.0 Å². The Morgan fingerprint density at radius 3 is 2.37 bits per heavy atom. The van der Waals surface area contributed by atoms with Crippen molar-refractivity contribution in [2.75, 3.05) is 31.2 Å². The van der Waals surface area contributed by atoms with Crippen molar-refractivity contribution in [1.82, 2.24) is 0 Å². The second kappa shape index (κ2) is 9.57. The van der Waals surface area contributed by atoms with Crippen molar-refractivity contribution in [3.8, 4) is 5.75 Å². The third kappa shape index (κ3) is 5.06. The van der Waals surface area contributed by atoms with Gasteiger partial charge >= 0.3 is 5.97 Å². The number of nitrogens with zero attached hydrogens (tertiary/aromatic N) is 2. The number of aliphatic imine (C=N–C) groups is 1. The minimum Gasteiger partial charge on any atom is -0.423 e. The summed E-state index contributed by atoms with van der Waals surface area (Å²) in [4.78, 5) is 19.1. The number of rotatable bonds is 5. The fourth-order valence-electron chi connectivity index (χ4n) is 3.13. The minimum absolute atomic E-state index is 0.338. The van der Waals surface area contributed by atoms with Crippen LogP contribution in [0.1, 0.15) is 15.9 Å². The standard InChI is InChI=1S/C24H21ClN2O3/c25-23-4-2-1-3-22(23)24(28)30-21-11-5-18(6-12-21)17-26-19-7-9-20(10-8-19)27-13-15-29-16-14-27/h1-12,17H,13-16H2. The number of carbonyl (C=O) groups is 1. The number of morpholine rings is 1. The summed E-state index contributed by atoms with van der Waals surface area (Å²) in [6, 6.07) is 22.1. The van der Waals surface area contributed by atoms with Crippen LogP contribution in [0.4, 0.5) is 11.4 Å². The van der Waals surface area contributed by atoms with E-state index in [-0.39, 0.29) is 0 Å². The lowest BCUT2D eigenvalue weighted by molar-refractivity contribution is 0.0735. The minimum atomic E-state index is -0.484. The molecule has 3 aromatic rings. The summed E-state index contributed by atoms with van der Waals surface area (Å²) in [5.74, 6) is -0.0330. The number of anilines is 1. The largest absolute Gasteiger partial charge is 0.423 e. The highest BCUT2D eigenvalue weighted by Crippen LogP contribution is 2.22. The average Bonchev–Trinajstić information content (AvgIpc) is 2.80. The molecule has 1 fully saturated rings. The van der Waals surface area contributed by atoms with Gasteiger partial charge < -0.3 is 14.4 Å². The molecule has 0 unspecified atom stereocenters. The number of carbonyl (C=O) groups excluding carboxylic acids is 1. The molecule has 0 saturated carbocycles. The maximum Gasteiger partial charge on any atom is 0.345 e. The second-order valence-corrected chi connectivity index (χ2v) is 7.22. The number of benzene rings is 3. The van der Waals surface area contributed by atoms with Gasteiger partial charge in [0.25, 0.3) is 0 Å². The summed E-state index contributed by atoms with van der Waals surface area (Å²) in [6.07, 6.45) is 1.78. The fourth-order valence-corrected chi connectivity index (χ4v) is 3.34. The van der Waals surface area contributed by atoms with Gasteiger partial charge in [-0.05, 0) is 66.2 Å². The highest BCUT2D eigenvalue weighted by Gasteiger charge is 2.12. The molecule has 0 aromatic heterocycles. The monoisotopic (exact) mass is 420 g/mol. The van der Waals surface area contributed by atoms with Crippen LogP contribution in [0.25, 0.3) is 0 Å². The normalized spacial score (nSPS) is 14.1. The zero-order chi connectivity index (χ0) is 20.8. The van der Waals surface area contributed by atoms with E-state index in [1.54, 1.807) is 42.6 Å². The summed E-state index contributed by atoms with van der Waals surface area (Å²) in [5, 5.41) is 0.367. The molecule has 0 aliphatic carbocycles. The Kier molecular flexibility index (Phi) is 6.42. The van der Waals surface area contributed by atoms with Crippen molar-refractivity contribution in [2.24, 2.45) is 4.99 Å². The van der Waals surface area contributed by atoms with Crippen LogP contribution in [-0.4, -0.2) is 38.5 Å². The molecule has 1 saturated heterocycles. The first-order valence-electron chi connectivity index (χ1n) is 9.73. The molecule has 152 valence electrons. The molecular formula is C24H21ClN2O3. The maximum atomic E-state index is 12.2. The van der Waals surface area contributed by atoms with Crippen LogP contribution in [0, 0.1) is 0 Å². The lowest BCUT2D eigenvalue weighted by Crippen LogP contribution is -2.36. The summed E-state index contributed by atoms with van der Waals surface area (Å²) in [5.41, 5.74) is 3.30. The third-order valence-corrected chi connectivity index (χ3v) is 5.10. The summed E-state index contributed by atoms with van der Waals surface area (Å²) >= 11 is 6.04. The highest BCUT2D eigenvalue weighted by molar-refractivity contribution is 6.33. The molecule has 30 heavy (non-hydrogen) atoms. The SMILES string of the molecule is O=C(Oc1ccc(C=Nc2ccc(N3CCOCC3)cc2)cc1)c1ccccc1Cl. The Bertz CT molecular complexity index is 1030. The predicted molar refractivity (Wildman–Crippen MR) is 120 cm³/mol. The Hall–Kier alpha value is -3.15. The zero-order valence-electron chi connectivity index (χ0n) is 16.3. The number of ether oxygens (including phenoxy) is 2. The Labute approximate surface area is 180 Å². The quantitative estimate of drug-likeness (QED) is 0.325. The van der Waals surface area contributed by atoms with Crippen LogP contribution >= 0.6 is 11.6 Å². The van der Waals surface area contributed by atoms with Crippen LogP contribution in [0.3, 0.4) is 0 Å². The lowest BCUT2D eigenvalue weighted by atomic mass is 10.2. The topological polar surface area (TPSA) is 51.1 Å². The van der Waals surface area contributed by atoms with Gasteiger partial charge in [-0.1, -0.05) is 23.7 Å². The first-order valence-corrected chi connectivity index (χ1v) is 10.1. The van der Waals surface area contributed by atoms with Crippen LogP contribution in [0.2, 0.25) is 5.02 Å². The van der Waals surface area contributed by atoms with Gasteiger partial charge in [0, 0.05) is 25.0 Å². The molecule has 0 bridgehead atoms. The molecular weight excluding hydrogens is 400 g/mol. The molecule has 0 amide bonds. The van der Waals surface area contributed by atoms with Gasteiger partial charge in [0.2, 0.25) is 0 Å². The van der Waals surface area contributed by atoms with E-state index in [0.29, 0.717) is 16.3 Å². The molecule has 0 spiro atoms. The molecule has 1 heterocycles. The number of hydrogen-bond donors (Lipinski definition) is 0. The fraction of sp³-hybridized carbons (Fsp3) is 0.167. The van der Waals surface area contributed by atoms with Crippen molar-refractivity contribution in [2.45, 2.75) is 0 Å². The van der Waals surface area contributed by atoms with Gasteiger partial charge in [-0.15, -0.1) is 0 Å². The van der Waals surface area contributed by atoms with Crippen molar-refractivity contribution in [3.05, 3.63) is 88.9 Å². The van der Waals surface area contributed by atoms with E-state index in [0.717, 1.165) is 37.6 Å². The summed E-state index contributed by atoms with van der Waals surface area (Å²) < 4.78 is 10.8. The number of halogens is 1. The van der Waals surface area contributed by atoms with Crippen LogP contribution in [-0.2, 0) is 4.74 Å². The van der Waals surface area contributed by atoms with Gasteiger partial charge in [-0.2, -0.15) is 0 Å². The van der Waals surface area contributed by atoms with Gasteiger partial charge in [0.1, 0.15) is 5.75 Å². The van der Waals surface area contributed by atoms with Crippen LogP contribution in [0.5, 0.6) is 5.75 Å². The molecule has 0 N–H and O–H groups in total. The van der Waals surface area contributed by atoms with E-state index in [1.165, 1.54) is 5.69 Å². The third-order valence-electron chi connectivity index (χ3n) is 4.77.